The molecule has 0 aliphatic carbocycles. The molecule has 1 atom stereocenters. The van der Waals surface area contributed by atoms with Gasteiger partial charge in [-0.15, -0.1) is 12.4 Å². The zero-order chi connectivity index (χ0) is 17.6. The van der Waals surface area contributed by atoms with Gasteiger partial charge >= 0.3 is 0 Å². The van der Waals surface area contributed by atoms with Crippen molar-refractivity contribution in [3.63, 3.8) is 0 Å². The molecular formula is C16H21ClN4O4S. The molecule has 0 amide bonds. The fraction of sp³-hybridized carbons (Fsp3) is 0.438. The number of nitrogens with zero attached hydrogens (tertiary/aromatic N) is 3. The Morgan fingerprint density at radius 2 is 2.00 bits per heavy atom. The highest BCUT2D eigenvalue weighted by Gasteiger charge is 2.37. The fourth-order valence-corrected chi connectivity index (χ4v) is 5.13. The smallest absolute Gasteiger partial charge is 0.244 e. The van der Waals surface area contributed by atoms with E-state index in [1.807, 2.05) is 17.8 Å². The van der Waals surface area contributed by atoms with Crippen molar-refractivity contribution in [2.24, 2.45) is 7.05 Å². The minimum Gasteiger partial charge on any atom is -0.454 e. The highest BCUT2D eigenvalue weighted by Crippen LogP contribution is 2.38. The molecule has 1 saturated heterocycles. The van der Waals surface area contributed by atoms with Crippen LogP contribution in [-0.4, -0.2) is 48.7 Å². The molecule has 0 bridgehead atoms. The minimum atomic E-state index is -3.70. The lowest BCUT2D eigenvalue weighted by Crippen LogP contribution is -2.49. The third-order valence-corrected chi connectivity index (χ3v) is 6.66. The van der Waals surface area contributed by atoms with Crippen LogP contribution in [0, 0.1) is 6.92 Å². The monoisotopic (exact) mass is 400 g/mol. The summed E-state index contributed by atoms with van der Waals surface area (Å²) in [4.78, 5) is 4.60. The topological polar surface area (TPSA) is 85.7 Å². The van der Waals surface area contributed by atoms with Crippen LogP contribution in [0.1, 0.15) is 17.4 Å². The van der Waals surface area contributed by atoms with Gasteiger partial charge in [-0.2, -0.15) is 4.31 Å². The third-order valence-electron chi connectivity index (χ3n) is 4.61. The number of hydrogen-bond donors (Lipinski definition) is 1. The van der Waals surface area contributed by atoms with Gasteiger partial charge in [0.2, 0.25) is 16.8 Å². The molecule has 10 heteroatoms. The lowest BCUT2D eigenvalue weighted by Gasteiger charge is -2.35. The number of ether oxygens (including phenoxy) is 2. The number of hydrogen-bond acceptors (Lipinski definition) is 6. The molecule has 3 heterocycles. The Hall–Kier alpha value is -1.81. The number of halogens is 1. The van der Waals surface area contributed by atoms with Gasteiger partial charge in [0.1, 0.15) is 5.82 Å². The number of fused-ring (bicyclic) bond motifs is 1. The van der Waals surface area contributed by atoms with Gasteiger partial charge < -0.3 is 19.4 Å². The van der Waals surface area contributed by atoms with Gasteiger partial charge in [0.25, 0.3) is 0 Å². The number of aromatic nitrogens is 2. The van der Waals surface area contributed by atoms with Crippen molar-refractivity contribution >= 4 is 22.4 Å². The van der Waals surface area contributed by atoms with Crippen LogP contribution in [0.5, 0.6) is 11.5 Å². The third kappa shape index (κ3) is 3.05. The molecule has 0 spiro atoms. The van der Waals surface area contributed by atoms with Crippen molar-refractivity contribution in [2.75, 3.05) is 26.4 Å². The van der Waals surface area contributed by atoms with Crippen LogP contribution >= 0.6 is 12.4 Å². The van der Waals surface area contributed by atoms with Crippen molar-refractivity contribution in [1.29, 1.82) is 0 Å². The number of sulfonamides is 1. The largest absolute Gasteiger partial charge is 0.454 e. The molecule has 0 saturated carbocycles. The number of benzene rings is 1. The average Bonchev–Trinajstić information content (AvgIpc) is 3.22. The van der Waals surface area contributed by atoms with Gasteiger partial charge in [0, 0.05) is 45.1 Å². The Balaban J connectivity index is 0.00000196. The van der Waals surface area contributed by atoms with E-state index in [1.165, 1.54) is 4.31 Å². The van der Waals surface area contributed by atoms with Crippen LogP contribution < -0.4 is 14.8 Å². The number of imidazole rings is 1. The van der Waals surface area contributed by atoms with Crippen molar-refractivity contribution < 1.29 is 17.9 Å². The fourth-order valence-electron chi connectivity index (χ4n) is 3.32. The maximum atomic E-state index is 13.4. The van der Waals surface area contributed by atoms with E-state index in [0.29, 0.717) is 42.5 Å². The van der Waals surface area contributed by atoms with Gasteiger partial charge in [0.15, 0.2) is 11.5 Å². The number of rotatable bonds is 3. The average molecular weight is 401 g/mol. The van der Waals surface area contributed by atoms with E-state index >= 15 is 0 Å². The van der Waals surface area contributed by atoms with E-state index in [-0.39, 0.29) is 30.1 Å². The SMILES string of the molecule is Cc1cc2c(cc1S(=O)(=O)N1CCNCC1c1nccn1C)OCO2.Cl. The van der Waals surface area contributed by atoms with Crippen LogP contribution in [0.15, 0.2) is 29.4 Å². The van der Waals surface area contributed by atoms with E-state index in [9.17, 15) is 8.42 Å². The van der Waals surface area contributed by atoms with Crippen LogP contribution in [0.2, 0.25) is 0 Å². The normalized spacial score (nSPS) is 20.0. The first kappa shape index (κ1) is 19.0. The first-order valence-electron chi connectivity index (χ1n) is 8.08. The van der Waals surface area contributed by atoms with Gasteiger partial charge in [-0.25, -0.2) is 13.4 Å². The van der Waals surface area contributed by atoms with Crippen LogP contribution in [-0.2, 0) is 17.1 Å². The second-order valence-electron chi connectivity index (χ2n) is 6.20. The number of nitrogens with one attached hydrogen (secondary N) is 1. The van der Waals surface area contributed by atoms with E-state index in [4.69, 9.17) is 9.47 Å². The number of piperazine rings is 1. The second-order valence-corrected chi connectivity index (χ2v) is 8.06. The van der Waals surface area contributed by atoms with Crippen molar-refractivity contribution in [1.82, 2.24) is 19.2 Å². The lowest BCUT2D eigenvalue weighted by molar-refractivity contribution is 0.174. The molecule has 26 heavy (non-hydrogen) atoms. The molecule has 0 radical (unpaired) electrons. The highest BCUT2D eigenvalue weighted by molar-refractivity contribution is 7.89. The van der Waals surface area contributed by atoms with E-state index in [2.05, 4.69) is 10.3 Å². The van der Waals surface area contributed by atoms with Gasteiger partial charge in [-0.3, -0.25) is 0 Å². The summed E-state index contributed by atoms with van der Waals surface area (Å²) in [7, 11) is -1.83. The van der Waals surface area contributed by atoms with Gasteiger partial charge in [-0.1, -0.05) is 0 Å². The predicted octanol–water partition coefficient (Wildman–Crippen LogP) is 1.21. The van der Waals surface area contributed by atoms with E-state index < -0.39 is 10.0 Å². The van der Waals surface area contributed by atoms with Crippen LogP contribution in [0.3, 0.4) is 0 Å². The minimum absolute atomic E-state index is 0. The molecule has 2 aromatic rings. The van der Waals surface area contributed by atoms with Gasteiger partial charge in [0.05, 0.1) is 10.9 Å². The molecule has 2 aliphatic heterocycles. The molecule has 8 nitrogen and oxygen atoms in total. The summed E-state index contributed by atoms with van der Waals surface area (Å²) in [6, 6.07) is 2.92. The second kappa shape index (κ2) is 7.07. The highest BCUT2D eigenvalue weighted by atomic mass is 35.5. The zero-order valence-electron chi connectivity index (χ0n) is 14.5. The molecule has 2 aliphatic rings. The maximum Gasteiger partial charge on any atom is 0.244 e. The van der Waals surface area contributed by atoms with Crippen LogP contribution in [0.25, 0.3) is 0 Å². The summed E-state index contributed by atoms with van der Waals surface area (Å²) < 4.78 is 40.9. The Kier molecular flexibility index (Phi) is 5.16. The molecule has 142 valence electrons. The summed E-state index contributed by atoms with van der Waals surface area (Å²) >= 11 is 0. The van der Waals surface area contributed by atoms with E-state index in [1.54, 1.807) is 25.3 Å². The molecule has 1 aromatic carbocycles. The summed E-state index contributed by atoms with van der Waals surface area (Å²) in [6.45, 7) is 3.39. The Morgan fingerprint density at radius 1 is 1.27 bits per heavy atom. The Bertz CT molecular complexity index is 915. The summed E-state index contributed by atoms with van der Waals surface area (Å²) in [6.07, 6.45) is 3.50. The zero-order valence-corrected chi connectivity index (χ0v) is 16.1. The van der Waals surface area contributed by atoms with Gasteiger partial charge in [-0.05, 0) is 18.6 Å². The summed E-state index contributed by atoms with van der Waals surface area (Å²) in [5.74, 6) is 1.76. The quantitative estimate of drug-likeness (QED) is 0.833. The lowest BCUT2D eigenvalue weighted by atomic mass is 10.2. The standard InChI is InChI=1S/C16H20N4O4S.ClH/c1-11-7-13-14(24-10-23-13)8-15(11)25(21,22)20-6-3-17-9-12(20)16-18-4-5-19(16)2;/h4-5,7-8,12,17H,3,6,9-10H2,1-2H3;1H. The first-order chi connectivity index (χ1) is 12.0. The first-order valence-corrected chi connectivity index (χ1v) is 9.52. The molecule has 1 fully saturated rings. The van der Waals surface area contributed by atoms with Crippen molar-refractivity contribution in [2.45, 2.75) is 17.9 Å². The number of aryl methyl sites for hydroxylation is 2. The summed E-state index contributed by atoms with van der Waals surface area (Å²) in [5, 5.41) is 3.26. The van der Waals surface area contributed by atoms with Crippen molar-refractivity contribution in [3.05, 3.63) is 35.9 Å². The van der Waals surface area contributed by atoms with Crippen molar-refractivity contribution in [3.8, 4) is 11.5 Å². The molecule has 1 N–H and O–H groups in total. The molecular weight excluding hydrogens is 380 g/mol. The molecule has 1 aromatic heterocycles. The van der Waals surface area contributed by atoms with E-state index in [0.717, 1.165) is 0 Å². The van der Waals surface area contributed by atoms with Crippen LogP contribution in [0.4, 0.5) is 0 Å². The molecule has 1 unspecified atom stereocenters. The Labute approximate surface area is 158 Å². The predicted molar refractivity (Wildman–Crippen MR) is 97.3 cm³/mol. The summed E-state index contributed by atoms with van der Waals surface area (Å²) in [5.41, 5.74) is 0.640. The molecule has 4 rings (SSSR count). The maximum absolute atomic E-state index is 13.4. The Morgan fingerprint density at radius 3 is 2.69 bits per heavy atom.